The minimum absolute atomic E-state index is 0.137. The predicted molar refractivity (Wildman–Crippen MR) is 133 cm³/mol. The average molecular weight is 477 g/mol. The van der Waals surface area contributed by atoms with Gasteiger partial charge in [-0.3, -0.25) is 19.3 Å². The molecule has 0 radical (unpaired) electrons. The summed E-state index contributed by atoms with van der Waals surface area (Å²) in [5.41, 5.74) is 1.68. The number of aromatic nitrogens is 3. The fourth-order valence-electron chi connectivity index (χ4n) is 5.03. The van der Waals surface area contributed by atoms with Crippen LogP contribution >= 0.6 is 0 Å². The zero-order valence-corrected chi connectivity index (χ0v) is 20.2. The zero-order valence-electron chi connectivity index (χ0n) is 20.2. The number of rotatable bonds is 4. The van der Waals surface area contributed by atoms with E-state index in [0.29, 0.717) is 55.2 Å². The molecule has 0 aliphatic carbocycles. The molecular formula is C26H32N6O3. The Bertz CT molecular complexity index is 1220. The highest BCUT2D eigenvalue weighted by Crippen LogP contribution is 2.24. The summed E-state index contributed by atoms with van der Waals surface area (Å²) >= 11 is 0. The van der Waals surface area contributed by atoms with E-state index < -0.39 is 0 Å². The molecule has 2 fully saturated rings. The van der Waals surface area contributed by atoms with Gasteiger partial charge in [-0.05, 0) is 25.0 Å². The highest BCUT2D eigenvalue weighted by atomic mass is 16.2. The van der Waals surface area contributed by atoms with Crippen LogP contribution in [0.2, 0.25) is 0 Å². The first kappa shape index (κ1) is 23.3. The summed E-state index contributed by atoms with van der Waals surface area (Å²) in [6.07, 6.45) is 8.03. The van der Waals surface area contributed by atoms with E-state index in [1.54, 1.807) is 21.9 Å². The Morgan fingerprint density at radius 1 is 0.857 bits per heavy atom. The molecule has 2 amide bonds. The third-order valence-corrected chi connectivity index (χ3v) is 7.01. The number of likely N-dealkylation sites (tertiary alicyclic amines) is 1. The highest BCUT2D eigenvalue weighted by molar-refractivity contribution is 6.00. The molecule has 2 saturated heterocycles. The summed E-state index contributed by atoms with van der Waals surface area (Å²) in [6.45, 7) is 4.50. The molecule has 4 aliphatic rings. The molecule has 0 saturated carbocycles. The van der Waals surface area contributed by atoms with E-state index >= 15 is 0 Å². The molecule has 5 rings (SSSR count). The minimum atomic E-state index is -0.242. The molecule has 0 spiro atoms. The summed E-state index contributed by atoms with van der Waals surface area (Å²) in [6, 6.07) is 9.23. The van der Waals surface area contributed by atoms with Gasteiger partial charge in [0, 0.05) is 58.7 Å². The Balaban J connectivity index is 1.29. The molecule has 35 heavy (non-hydrogen) atoms. The number of carbonyl (C=O) groups is 2. The number of piperazine rings is 1. The molecule has 9 heteroatoms. The molecule has 0 aromatic heterocycles. The Kier molecular flexibility index (Phi) is 6.68. The second kappa shape index (κ2) is 10.0. The van der Waals surface area contributed by atoms with Gasteiger partial charge in [0.2, 0.25) is 5.91 Å². The zero-order chi connectivity index (χ0) is 24.4. The fourth-order valence-corrected chi connectivity index (χ4v) is 5.03. The molecule has 184 valence electrons. The van der Waals surface area contributed by atoms with Crippen molar-refractivity contribution in [2.75, 3.05) is 45.8 Å². The third kappa shape index (κ3) is 4.86. The standard InChI is InChI=1S/C26H32N6O3/c1-28-17-21(24-22(18-28)26(35)32(27-24)20-9-5-4-6-10-20)25(34)31-15-13-29(14-16-31)19-23(33)30-11-7-2-3-8-12-30/h4-6,9-10,17-18H,2-3,7-8,11-16,19H2,1H3. The van der Waals surface area contributed by atoms with E-state index in [1.165, 1.54) is 17.5 Å². The third-order valence-electron chi connectivity index (χ3n) is 7.01. The van der Waals surface area contributed by atoms with Crippen LogP contribution in [0.3, 0.4) is 0 Å². The van der Waals surface area contributed by atoms with Crippen molar-refractivity contribution in [1.82, 2.24) is 29.0 Å². The van der Waals surface area contributed by atoms with E-state index in [0.717, 1.165) is 25.9 Å². The first-order valence-electron chi connectivity index (χ1n) is 12.4. The van der Waals surface area contributed by atoms with E-state index in [-0.39, 0.29) is 17.4 Å². The SMILES string of the molecule is Cn1cc(C(=O)N2CCN(CC(=O)N3CCCCCC3)CC2)c2nn(-c3ccccc3)c(=O)c-2c1. The number of hydrogen-bond acceptors (Lipinski definition) is 5. The van der Waals surface area contributed by atoms with E-state index in [4.69, 9.17) is 0 Å². The molecule has 0 bridgehead atoms. The normalized spacial score (nSPS) is 17.5. The number of para-hydroxylation sites is 1. The van der Waals surface area contributed by atoms with Gasteiger partial charge >= 0.3 is 0 Å². The van der Waals surface area contributed by atoms with Gasteiger partial charge in [-0.25, -0.2) is 0 Å². The van der Waals surface area contributed by atoms with Crippen LogP contribution < -0.4 is 5.56 Å². The van der Waals surface area contributed by atoms with Crippen molar-refractivity contribution >= 4 is 11.8 Å². The Hall–Kier alpha value is -3.46. The van der Waals surface area contributed by atoms with Gasteiger partial charge in [0.25, 0.3) is 11.5 Å². The molecule has 1 aromatic carbocycles. The van der Waals surface area contributed by atoms with Gasteiger partial charge in [-0.2, -0.15) is 9.78 Å². The Morgan fingerprint density at radius 3 is 2.23 bits per heavy atom. The van der Waals surface area contributed by atoms with Crippen molar-refractivity contribution in [2.24, 2.45) is 7.05 Å². The van der Waals surface area contributed by atoms with Gasteiger partial charge in [0.1, 0.15) is 5.69 Å². The van der Waals surface area contributed by atoms with Crippen molar-refractivity contribution in [3.8, 4) is 16.9 Å². The van der Waals surface area contributed by atoms with Crippen molar-refractivity contribution in [1.29, 1.82) is 0 Å². The highest BCUT2D eigenvalue weighted by Gasteiger charge is 2.29. The Morgan fingerprint density at radius 2 is 1.54 bits per heavy atom. The van der Waals surface area contributed by atoms with Crippen LogP contribution in [0.15, 0.2) is 47.5 Å². The van der Waals surface area contributed by atoms with Crippen molar-refractivity contribution < 1.29 is 9.59 Å². The van der Waals surface area contributed by atoms with Crippen LogP contribution in [0.5, 0.6) is 0 Å². The average Bonchev–Trinajstić information content (AvgIpc) is 3.04. The lowest BCUT2D eigenvalue weighted by Gasteiger charge is -2.35. The van der Waals surface area contributed by atoms with Crippen molar-refractivity contribution in [3.63, 3.8) is 0 Å². The van der Waals surface area contributed by atoms with Crippen LogP contribution in [-0.4, -0.2) is 86.7 Å². The maximum atomic E-state index is 13.5. The number of nitrogens with zero attached hydrogens (tertiary/aromatic N) is 6. The second-order valence-corrected chi connectivity index (χ2v) is 9.52. The molecule has 9 nitrogen and oxygen atoms in total. The van der Waals surface area contributed by atoms with Crippen LogP contribution in [0.4, 0.5) is 0 Å². The maximum Gasteiger partial charge on any atom is 0.282 e. The fraction of sp³-hybridized carbons (Fsp3) is 0.462. The quantitative estimate of drug-likeness (QED) is 0.574. The summed E-state index contributed by atoms with van der Waals surface area (Å²) in [7, 11) is 1.81. The number of carbonyl (C=O) groups excluding carboxylic acids is 2. The number of benzene rings is 1. The first-order chi connectivity index (χ1) is 17.0. The second-order valence-electron chi connectivity index (χ2n) is 9.52. The summed E-state index contributed by atoms with van der Waals surface area (Å²) in [5, 5.41) is 4.54. The minimum Gasteiger partial charge on any atom is -0.356 e. The lowest BCUT2D eigenvalue weighted by atomic mass is 10.1. The van der Waals surface area contributed by atoms with E-state index in [9.17, 15) is 14.4 Å². The molecular weight excluding hydrogens is 444 g/mol. The van der Waals surface area contributed by atoms with Crippen LogP contribution in [0, 0.1) is 0 Å². The maximum absolute atomic E-state index is 13.5. The molecule has 0 atom stereocenters. The van der Waals surface area contributed by atoms with Crippen molar-refractivity contribution in [3.05, 3.63) is 58.6 Å². The molecule has 0 N–H and O–H groups in total. The number of pyridine rings is 1. The number of fused-ring (bicyclic) bond motifs is 1. The van der Waals surface area contributed by atoms with Crippen LogP contribution in [0.1, 0.15) is 36.0 Å². The predicted octanol–water partition coefficient (Wildman–Crippen LogP) is 1.84. The first-order valence-corrected chi connectivity index (χ1v) is 12.4. The monoisotopic (exact) mass is 476 g/mol. The van der Waals surface area contributed by atoms with Crippen molar-refractivity contribution in [2.45, 2.75) is 25.7 Å². The molecule has 1 aromatic rings. The molecule has 4 heterocycles. The lowest BCUT2D eigenvalue weighted by molar-refractivity contribution is -0.132. The van der Waals surface area contributed by atoms with Gasteiger partial charge in [-0.1, -0.05) is 31.0 Å². The summed E-state index contributed by atoms with van der Waals surface area (Å²) < 4.78 is 3.10. The number of hydrogen-bond donors (Lipinski definition) is 0. The topological polar surface area (TPSA) is 83.7 Å². The van der Waals surface area contributed by atoms with Gasteiger partial charge in [0.15, 0.2) is 0 Å². The molecule has 4 aliphatic heterocycles. The number of amides is 2. The van der Waals surface area contributed by atoms with Gasteiger partial charge in [-0.15, -0.1) is 0 Å². The van der Waals surface area contributed by atoms with Gasteiger partial charge in [0.05, 0.1) is 23.4 Å². The summed E-state index contributed by atoms with van der Waals surface area (Å²) in [5.74, 6) is 0.0558. The molecule has 0 unspecified atom stereocenters. The van der Waals surface area contributed by atoms with E-state index in [1.807, 2.05) is 42.3 Å². The number of aryl methyl sites for hydroxylation is 1. The lowest BCUT2D eigenvalue weighted by Crippen LogP contribution is -2.51. The Labute approximate surface area is 204 Å². The largest absolute Gasteiger partial charge is 0.356 e. The van der Waals surface area contributed by atoms with Gasteiger partial charge < -0.3 is 14.4 Å². The van der Waals surface area contributed by atoms with Crippen LogP contribution in [0.25, 0.3) is 16.9 Å². The summed E-state index contributed by atoms with van der Waals surface area (Å²) in [4.78, 5) is 45.2. The smallest absolute Gasteiger partial charge is 0.282 e. The van der Waals surface area contributed by atoms with Crippen LogP contribution in [-0.2, 0) is 11.8 Å². The van der Waals surface area contributed by atoms with E-state index in [2.05, 4.69) is 10.00 Å².